The average molecular weight is 234 g/mol. The van der Waals surface area contributed by atoms with Crippen LogP contribution in [0.25, 0.3) is 0 Å². The fraction of sp³-hybridized carbons (Fsp3) is 0.250. The van der Waals surface area contributed by atoms with Crippen LogP contribution in [0.2, 0.25) is 0 Å². The van der Waals surface area contributed by atoms with Crippen molar-refractivity contribution in [3.05, 3.63) is 33.4 Å². The van der Waals surface area contributed by atoms with Crippen molar-refractivity contribution < 1.29 is 0 Å². The quantitative estimate of drug-likeness (QED) is 0.604. The number of rotatable bonds is 0. The molecule has 1 aromatic carbocycles. The Hall–Kier alpha value is -0.0500. The van der Waals surface area contributed by atoms with Gasteiger partial charge in [0.1, 0.15) is 0 Å². The normalized spacial score (nSPS) is 8.22. The van der Waals surface area contributed by atoms with Crippen molar-refractivity contribution in [3.63, 3.8) is 0 Å². The van der Waals surface area contributed by atoms with Gasteiger partial charge in [0.05, 0.1) is 0 Å². The highest BCUT2D eigenvalue weighted by molar-refractivity contribution is 14.1. The van der Waals surface area contributed by atoms with E-state index >= 15 is 0 Å². The second-order valence-electron chi connectivity index (χ2n) is 1.80. The summed E-state index contributed by atoms with van der Waals surface area (Å²) < 4.78 is 1.30. The van der Waals surface area contributed by atoms with Gasteiger partial charge in [0.15, 0.2) is 0 Å². The van der Waals surface area contributed by atoms with Crippen LogP contribution in [0.4, 0.5) is 0 Å². The summed E-state index contributed by atoms with van der Waals surface area (Å²) in [5.74, 6) is 0. The van der Waals surface area contributed by atoms with Crippen LogP contribution in [-0.4, -0.2) is 0 Å². The fourth-order valence-corrected chi connectivity index (χ4v) is 0.893. The zero-order valence-electron chi connectivity index (χ0n) is 4.69. The molecule has 0 unspecified atom stereocenters. The Morgan fingerprint density at radius 2 is 1.56 bits per heavy atom. The molecule has 0 saturated carbocycles. The van der Waals surface area contributed by atoms with Gasteiger partial charge in [-0.2, -0.15) is 0 Å². The molecule has 50 valence electrons. The van der Waals surface area contributed by atoms with E-state index in [4.69, 9.17) is 0 Å². The highest BCUT2D eigenvalue weighted by atomic mass is 127. The Morgan fingerprint density at radius 1 is 1.11 bits per heavy atom. The number of aryl methyl sites for hydroxylation is 1. The first-order valence-electron chi connectivity index (χ1n) is 2.51. The lowest BCUT2D eigenvalue weighted by atomic mass is 10.2. The molecule has 0 fully saturated rings. The van der Waals surface area contributed by atoms with Gasteiger partial charge in [-0.1, -0.05) is 25.1 Å². The van der Waals surface area contributed by atoms with Crippen molar-refractivity contribution in [1.82, 2.24) is 0 Å². The Kier molecular flexibility index (Phi) is 3.86. The maximum Gasteiger partial charge on any atom is 0.0130 e. The molecule has 1 heteroatoms. The van der Waals surface area contributed by atoms with Crippen LogP contribution in [0.15, 0.2) is 24.3 Å². The van der Waals surface area contributed by atoms with Crippen LogP contribution < -0.4 is 0 Å². The summed E-state index contributed by atoms with van der Waals surface area (Å²) in [7, 11) is 0. The predicted octanol–water partition coefficient (Wildman–Crippen LogP) is 3.24. The topological polar surface area (TPSA) is 0 Å². The Morgan fingerprint density at radius 3 is 1.89 bits per heavy atom. The van der Waals surface area contributed by atoms with Gasteiger partial charge >= 0.3 is 0 Å². The first-order valence-corrected chi connectivity index (χ1v) is 3.59. The van der Waals surface area contributed by atoms with Gasteiger partial charge in [-0.05, 0) is 41.6 Å². The molecule has 0 N–H and O–H groups in total. The first-order chi connectivity index (χ1) is 3.79. The summed E-state index contributed by atoms with van der Waals surface area (Å²) in [4.78, 5) is 0. The second kappa shape index (κ2) is 3.88. The Bertz CT molecular complexity index is 143. The van der Waals surface area contributed by atoms with E-state index in [-0.39, 0.29) is 7.43 Å². The van der Waals surface area contributed by atoms with E-state index in [0.717, 1.165) is 0 Å². The second-order valence-corrected chi connectivity index (χ2v) is 3.04. The zero-order chi connectivity index (χ0) is 5.98. The Labute approximate surface area is 70.4 Å². The molecule has 0 heterocycles. The third-order valence-corrected chi connectivity index (χ3v) is 1.73. The maximum absolute atomic E-state index is 2.30. The van der Waals surface area contributed by atoms with E-state index in [1.165, 1.54) is 9.13 Å². The number of hydrogen-bond acceptors (Lipinski definition) is 0. The van der Waals surface area contributed by atoms with Gasteiger partial charge in [0.25, 0.3) is 0 Å². The minimum absolute atomic E-state index is 0. The van der Waals surface area contributed by atoms with E-state index in [1.54, 1.807) is 0 Å². The van der Waals surface area contributed by atoms with Gasteiger partial charge in [-0.3, -0.25) is 0 Å². The lowest BCUT2D eigenvalue weighted by molar-refractivity contribution is 1.46. The van der Waals surface area contributed by atoms with E-state index in [2.05, 4.69) is 53.8 Å². The lowest BCUT2D eigenvalue weighted by Gasteiger charge is -1.88. The molecule has 0 amide bonds. The summed E-state index contributed by atoms with van der Waals surface area (Å²) in [6.07, 6.45) is 0. The summed E-state index contributed by atoms with van der Waals surface area (Å²) in [6, 6.07) is 8.44. The van der Waals surface area contributed by atoms with E-state index in [0.29, 0.717) is 0 Å². The molecule has 0 aromatic heterocycles. The SMILES string of the molecule is C.Cc1ccc(I)cc1. The van der Waals surface area contributed by atoms with E-state index in [1.807, 2.05) is 0 Å². The molecule has 0 bridgehead atoms. The monoisotopic (exact) mass is 234 g/mol. The van der Waals surface area contributed by atoms with Crippen molar-refractivity contribution in [2.45, 2.75) is 14.4 Å². The van der Waals surface area contributed by atoms with Crippen molar-refractivity contribution in [3.8, 4) is 0 Å². The largest absolute Gasteiger partial charge is 0.0776 e. The van der Waals surface area contributed by atoms with E-state index in [9.17, 15) is 0 Å². The zero-order valence-corrected chi connectivity index (χ0v) is 6.84. The summed E-state index contributed by atoms with van der Waals surface area (Å²) in [5.41, 5.74) is 1.32. The standard InChI is InChI=1S/C7H7I.CH4/c1-6-2-4-7(8)5-3-6;/h2-5H,1H3;1H4. The van der Waals surface area contributed by atoms with Gasteiger partial charge in [0, 0.05) is 3.57 Å². The molecule has 0 spiro atoms. The van der Waals surface area contributed by atoms with Crippen LogP contribution >= 0.6 is 22.6 Å². The minimum atomic E-state index is 0. The molecule has 0 aliphatic rings. The highest BCUT2D eigenvalue weighted by Crippen LogP contribution is 2.04. The van der Waals surface area contributed by atoms with Gasteiger partial charge in [-0.15, -0.1) is 0 Å². The molecule has 0 nitrogen and oxygen atoms in total. The third kappa shape index (κ3) is 2.84. The van der Waals surface area contributed by atoms with Crippen LogP contribution in [0, 0.1) is 10.5 Å². The molecule has 0 atom stereocenters. The molecule has 1 aromatic rings. The van der Waals surface area contributed by atoms with Crippen LogP contribution in [0.3, 0.4) is 0 Å². The highest BCUT2D eigenvalue weighted by Gasteiger charge is 1.81. The van der Waals surface area contributed by atoms with Gasteiger partial charge in [-0.25, -0.2) is 0 Å². The number of benzene rings is 1. The molecule has 1 rings (SSSR count). The molecule has 9 heavy (non-hydrogen) atoms. The van der Waals surface area contributed by atoms with Crippen LogP contribution in [0.5, 0.6) is 0 Å². The summed E-state index contributed by atoms with van der Waals surface area (Å²) >= 11 is 2.30. The molecule has 0 aliphatic heterocycles. The van der Waals surface area contributed by atoms with Crippen molar-refractivity contribution >= 4 is 22.6 Å². The first kappa shape index (κ1) is 8.95. The number of halogens is 1. The molecule has 0 radical (unpaired) electrons. The smallest absolute Gasteiger partial charge is 0.0130 e. The van der Waals surface area contributed by atoms with Crippen molar-refractivity contribution in [2.24, 2.45) is 0 Å². The molecule has 0 aliphatic carbocycles. The lowest BCUT2D eigenvalue weighted by Crippen LogP contribution is -1.69. The van der Waals surface area contributed by atoms with Crippen LogP contribution in [-0.2, 0) is 0 Å². The van der Waals surface area contributed by atoms with Gasteiger partial charge < -0.3 is 0 Å². The maximum atomic E-state index is 2.30. The summed E-state index contributed by atoms with van der Waals surface area (Å²) in [5, 5.41) is 0. The summed E-state index contributed by atoms with van der Waals surface area (Å²) in [6.45, 7) is 2.09. The van der Waals surface area contributed by atoms with Gasteiger partial charge in [0.2, 0.25) is 0 Å². The van der Waals surface area contributed by atoms with Crippen molar-refractivity contribution in [2.75, 3.05) is 0 Å². The molecule has 0 saturated heterocycles. The molecular weight excluding hydrogens is 223 g/mol. The molecular formula is C8H11I. The predicted molar refractivity (Wildman–Crippen MR) is 50.6 cm³/mol. The van der Waals surface area contributed by atoms with E-state index < -0.39 is 0 Å². The number of hydrogen-bond donors (Lipinski definition) is 0. The third-order valence-electron chi connectivity index (χ3n) is 1.01. The minimum Gasteiger partial charge on any atom is -0.0776 e. The van der Waals surface area contributed by atoms with Crippen molar-refractivity contribution in [1.29, 1.82) is 0 Å². The average Bonchev–Trinajstić information content (AvgIpc) is 1.77. The Balaban J connectivity index is 0.000000640. The van der Waals surface area contributed by atoms with Crippen LogP contribution in [0.1, 0.15) is 13.0 Å². The fourth-order valence-electron chi connectivity index (χ4n) is 0.533.